The SMILES string of the molecule is Cc1ccccc1N1CCN(CCC(O)c2ccc(F)cc2)CC1. The second-order valence-electron chi connectivity index (χ2n) is 6.47. The van der Waals surface area contributed by atoms with Crippen LogP contribution in [0.4, 0.5) is 10.1 Å². The molecular weight excluding hydrogens is 303 g/mol. The molecule has 2 aromatic carbocycles. The lowest BCUT2D eigenvalue weighted by molar-refractivity contribution is 0.139. The molecule has 1 fully saturated rings. The van der Waals surface area contributed by atoms with Crippen molar-refractivity contribution in [1.29, 1.82) is 0 Å². The van der Waals surface area contributed by atoms with E-state index in [1.165, 1.54) is 23.4 Å². The maximum atomic E-state index is 12.9. The van der Waals surface area contributed by atoms with Crippen LogP contribution in [0.25, 0.3) is 0 Å². The van der Waals surface area contributed by atoms with Gasteiger partial charge in [-0.2, -0.15) is 0 Å². The standard InChI is InChI=1S/C20H25FN2O/c1-16-4-2-3-5-19(16)23-14-12-22(13-15-23)11-10-20(24)17-6-8-18(21)9-7-17/h2-9,20,24H,10-15H2,1H3. The minimum absolute atomic E-state index is 0.265. The average Bonchev–Trinajstić information content (AvgIpc) is 2.61. The van der Waals surface area contributed by atoms with Gasteiger partial charge in [0.05, 0.1) is 6.10 Å². The molecule has 3 nitrogen and oxygen atoms in total. The highest BCUT2D eigenvalue weighted by molar-refractivity contribution is 5.53. The predicted octanol–water partition coefficient (Wildman–Crippen LogP) is 3.38. The molecule has 2 aromatic rings. The molecular formula is C20H25FN2O. The lowest BCUT2D eigenvalue weighted by Crippen LogP contribution is -2.47. The molecule has 0 amide bonds. The van der Waals surface area contributed by atoms with E-state index in [0.717, 1.165) is 38.3 Å². The summed E-state index contributed by atoms with van der Waals surface area (Å²) in [6.07, 6.45) is 0.149. The van der Waals surface area contributed by atoms with Crippen LogP contribution in [0.1, 0.15) is 23.7 Å². The molecule has 4 heteroatoms. The van der Waals surface area contributed by atoms with E-state index in [-0.39, 0.29) is 5.82 Å². The number of rotatable bonds is 5. The van der Waals surface area contributed by atoms with Crippen molar-refractivity contribution in [2.45, 2.75) is 19.4 Å². The van der Waals surface area contributed by atoms with Gasteiger partial charge in [0.2, 0.25) is 0 Å². The fraction of sp³-hybridized carbons (Fsp3) is 0.400. The van der Waals surface area contributed by atoms with Crippen LogP contribution in [-0.2, 0) is 0 Å². The van der Waals surface area contributed by atoms with Gasteiger partial charge < -0.3 is 10.0 Å². The number of aliphatic hydroxyl groups is 1. The molecule has 1 heterocycles. The van der Waals surface area contributed by atoms with Gasteiger partial charge in [-0.15, -0.1) is 0 Å². The summed E-state index contributed by atoms with van der Waals surface area (Å²) in [5.41, 5.74) is 3.43. The van der Waals surface area contributed by atoms with Crippen molar-refractivity contribution in [2.75, 3.05) is 37.6 Å². The summed E-state index contributed by atoms with van der Waals surface area (Å²) in [6.45, 7) is 7.05. The van der Waals surface area contributed by atoms with Gasteiger partial charge in [-0.1, -0.05) is 30.3 Å². The maximum absolute atomic E-state index is 12.9. The van der Waals surface area contributed by atoms with Crippen molar-refractivity contribution in [3.63, 3.8) is 0 Å². The topological polar surface area (TPSA) is 26.7 Å². The number of piperazine rings is 1. The number of benzene rings is 2. The van der Waals surface area contributed by atoms with Crippen molar-refractivity contribution < 1.29 is 9.50 Å². The highest BCUT2D eigenvalue weighted by atomic mass is 19.1. The summed E-state index contributed by atoms with van der Waals surface area (Å²) in [6, 6.07) is 14.6. The molecule has 0 spiro atoms. The Hall–Kier alpha value is -1.91. The van der Waals surface area contributed by atoms with Crippen molar-refractivity contribution in [3.8, 4) is 0 Å². The van der Waals surface area contributed by atoms with Gasteiger partial charge in [0.25, 0.3) is 0 Å². The fourth-order valence-electron chi connectivity index (χ4n) is 3.29. The van der Waals surface area contributed by atoms with E-state index in [0.29, 0.717) is 6.42 Å². The number of para-hydroxylation sites is 1. The van der Waals surface area contributed by atoms with Crippen molar-refractivity contribution >= 4 is 5.69 Å². The summed E-state index contributed by atoms with van der Waals surface area (Å²) in [5.74, 6) is -0.265. The molecule has 0 aliphatic carbocycles. The summed E-state index contributed by atoms with van der Waals surface area (Å²) in [5, 5.41) is 10.2. The summed E-state index contributed by atoms with van der Waals surface area (Å²) >= 11 is 0. The molecule has 0 aromatic heterocycles. The van der Waals surface area contributed by atoms with Crippen molar-refractivity contribution in [3.05, 3.63) is 65.5 Å². The highest BCUT2D eigenvalue weighted by Crippen LogP contribution is 2.22. The third kappa shape index (κ3) is 4.13. The molecule has 1 aliphatic rings. The monoisotopic (exact) mass is 328 g/mol. The van der Waals surface area contributed by atoms with E-state index < -0.39 is 6.10 Å². The van der Waals surface area contributed by atoms with Gasteiger partial charge >= 0.3 is 0 Å². The highest BCUT2D eigenvalue weighted by Gasteiger charge is 2.19. The number of hydrogen-bond acceptors (Lipinski definition) is 3. The second kappa shape index (κ2) is 7.77. The Morgan fingerprint density at radius 2 is 1.67 bits per heavy atom. The van der Waals surface area contributed by atoms with E-state index in [1.807, 2.05) is 0 Å². The molecule has 128 valence electrons. The van der Waals surface area contributed by atoms with Crippen LogP contribution in [0.5, 0.6) is 0 Å². The Balaban J connectivity index is 1.47. The van der Waals surface area contributed by atoms with Crippen LogP contribution in [0.3, 0.4) is 0 Å². The molecule has 1 N–H and O–H groups in total. The maximum Gasteiger partial charge on any atom is 0.123 e. The van der Waals surface area contributed by atoms with Crippen LogP contribution in [0.15, 0.2) is 48.5 Å². The Bertz CT molecular complexity index is 651. The zero-order valence-electron chi connectivity index (χ0n) is 14.2. The van der Waals surface area contributed by atoms with Crippen LogP contribution >= 0.6 is 0 Å². The third-order valence-electron chi connectivity index (χ3n) is 4.80. The lowest BCUT2D eigenvalue weighted by Gasteiger charge is -2.37. The van der Waals surface area contributed by atoms with Gasteiger partial charge in [-0.25, -0.2) is 4.39 Å². The van der Waals surface area contributed by atoms with E-state index in [4.69, 9.17) is 0 Å². The fourth-order valence-corrected chi connectivity index (χ4v) is 3.29. The van der Waals surface area contributed by atoms with Gasteiger partial charge in [-0.05, 0) is 42.7 Å². The van der Waals surface area contributed by atoms with E-state index in [1.54, 1.807) is 12.1 Å². The van der Waals surface area contributed by atoms with Crippen LogP contribution in [0, 0.1) is 12.7 Å². The minimum Gasteiger partial charge on any atom is -0.388 e. The van der Waals surface area contributed by atoms with Crippen molar-refractivity contribution in [1.82, 2.24) is 4.90 Å². The normalized spacial score (nSPS) is 17.0. The first-order chi connectivity index (χ1) is 11.6. The summed E-state index contributed by atoms with van der Waals surface area (Å²) in [4.78, 5) is 4.82. The summed E-state index contributed by atoms with van der Waals surface area (Å²) in [7, 11) is 0. The quantitative estimate of drug-likeness (QED) is 0.911. The molecule has 0 bridgehead atoms. The zero-order chi connectivity index (χ0) is 16.9. The minimum atomic E-state index is -0.528. The molecule has 1 atom stereocenters. The van der Waals surface area contributed by atoms with Crippen LogP contribution < -0.4 is 4.90 Å². The smallest absolute Gasteiger partial charge is 0.123 e. The van der Waals surface area contributed by atoms with Gasteiger partial charge in [-0.3, -0.25) is 4.90 Å². The molecule has 1 aliphatic heterocycles. The largest absolute Gasteiger partial charge is 0.388 e. The first-order valence-corrected chi connectivity index (χ1v) is 8.60. The number of nitrogens with zero attached hydrogens (tertiary/aromatic N) is 2. The zero-order valence-corrected chi connectivity index (χ0v) is 14.2. The molecule has 1 unspecified atom stereocenters. The van der Waals surface area contributed by atoms with Crippen molar-refractivity contribution in [2.24, 2.45) is 0 Å². The second-order valence-corrected chi connectivity index (χ2v) is 6.47. The summed E-state index contributed by atoms with van der Waals surface area (Å²) < 4.78 is 12.9. The Morgan fingerprint density at radius 1 is 1.00 bits per heavy atom. The van der Waals surface area contributed by atoms with Gasteiger partial charge in [0, 0.05) is 38.4 Å². The average molecular weight is 328 g/mol. The number of anilines is 1. The number of halogens is 1. The Kier molecular flexibility index (Phi) is 5.48. The van der Waals surface area contributed by atoms with Crippen LogP contribution in [-0.4, -0.2) is 42.7 Å². The van der Waals surface area contributed by atoms with E-state index >= 15 is 0 Å². The Labute approximate surface area is 143 Å². The molecule has 0 saturated carbocycles. The van der Waals surface area contributed by atoms with Gasteiger partial charge in [0.15, 0.2) is 0 Å². The van der Waals surface area contributed by atoms with Gasteiger partial charge in [0.1, 0.15) is 5.82 Å². The molecule has 3 rings (SSSR count). The number of aliphatic hydroxyl groups excluding tert-OH is 1. The first kappa shape index (κ1) is 16.9. The number of hydrogen-bond donors (Lipinski definition) is 1. The lowest BCUT2D eigenvalue weighted by atomic mass is 10.1. The third-order valence-corrected chi connectivity index (χ3v) is 4.80. The molecule has 0 radical (unpaired) electrons. The molecule has 1 saturated heterocycles. The van der Waals surface area contributed by atoms with E-state index in [9.17, 15) is 9.50 Å². The Morgan fingerprint density at radius 3 is 2.33 bits per heavy atom. The first-order valence-electron chi connectivity index (χ1n) is 8.60. The van der Waals surface area contributed by atoms with E-state index in [2.05, 4.69) is 41.0 Å². The van der Waals surface area contributed by atoms with Crippen LogP contribution in [0.2, 0.25) is 0 Å². The predicted molar refractivity (Wildman–Crippen MR) is 95.8 cm³/mol. The number of aryl methyl sites for hydroxylation is 1. The molecule has 24 heavy (non-hydrogen) atoms.